The van der Waals surface area contributed by atoms with Crippen LogP contribution in [-0.4, -0.2) is 0 Å². The maximum atomic E-state index is 14.4. The molecule has 148 valence electrons. The highest BCUT2D eigenvalue weighted by Gasteiger charge is 2.24. The molecule has 0 atom stereocenters. The molecule has 0 radical (unpaired) electrons. The van der Waals surface area contributed by atoms with E-state index in [9.17, 15) is 8.78 Å². The van der Waals surface area contributed by atoms with Crippen LogP contribution in [0.5, 0.6) is 0 Å². The first kappa shape index (κ1) is 20.3. The van der Waals surface area contributed by atoms with E-state index in [1.807, 2.05) is 6.92 Å². The van der Waals surface area contributed by atoms with Gasteiger partial charge in [-0.15, -0.1) is 0 Å². The van der Waals surface area contributed by atoms with E-state index < -0.39 is 0 Å². The van der Waals surface area contributed by atoms with Crippen LogP contribution in [0, 0.1) is 23.5 Å². The molecule has 0 aliphatic heterocycles. The predicted octanol–water partition coefficient (Wildman–Crippen LogP) is 8.02. The highest BCUT2D eigenvalue weighted by atomic mass is 19.1. The number of unbranched alkanes of at least 4 members (excludes halogenated alkanes) is 1. The van der Waals surface area contributed by atoms with Crippen molar-refractivity contribution in [2.75, 3.05) is 0 Å². The van der Waals surface area contributed by atoms with Crippen LogP contribution < -0.4 is 0 Å². The second-order valence-electron chi connectivity index (χ2n) is 8.46. The highest BCUT2D eigenvalue weighted by molar-refractivity contribution is 5.69. The standard InChI is InChI=1S/C25H34F2/c1-3-5-7-23-24(26)16-22(17-25(23)27)21-14-12-20(13-15-21)19-10-8-18(6-4-2)9-11-19/h12,14,16-19H,3-11,13,15H2,1-2H3. The van der Waals surface area contributed by atoms with Gasteiger partial charge in [0.15, 0.2) is 0 Å². The Labute approximate surface area is 163 Å². The number of allylic oxidation sites excluding steroid dienone is 4. The second kappa shape index (κ2) is 9.66. The van der Waals surface area contributed by atoms with Gasteiger partial charge in [0.2, 0.25) is 0 Å². The SMILES string of the molecule is CCCCc1c(F)cc(C2=CC=C(C3CCC(CCC)CC3)CC2)cc1F. The van der Waals surface area contributed by atoms with E-state index in [1.54, 1.807) is 5.57 Å². The summed E-state index contributed by atoms with van der Waals surface area (Å²) in [6.07, 6.45) is 16.6. The number of halogens is 2. The van der Waals surface area contributed by atoms with Gasteiger partial charge in [0.05, 0.1) is 0 Å². The first-order valence-electron chi connectivity index (χ1n) is 11.0. The van der Waals surface area contributed by atoms with Crippen molar-refractivity contribution >= 4 is 5.57 Å². The van der Waals surface area contributed by atoms with E-state index in [2.05, 4.69) is 19.1 Å². The quantitative estimate of drug-likeness (QED) is 0.454. The number of hydrogen-bond acceptors (Lipinski definition) is 0. The van der Waals surface area contributed by atoms with Gasteiger partial charge < -0.3 is 0 Å². The molecule has 27 heavy (non-hydrogen) atoms. The van der Waals surface area contributed by atoms with Crippen LogP contribution in [0.15, 0.2) is 29.9 Å². The summed E-state index contributed by atoms with van der Waals surface area (Å²) in [6, 6.07) is 3.07. The van der Waals surface area contributed by atoms with Crippen LogP contribution >= 0.6 is 0 Å². The third kappa shape index (κ3) is 5.09. The largest absolute Gasteiger partial charge is 0.207 e. The fourth-order valence-electron chi connectivity index (χ4n) is 4.85. The van der Waals surface area contributed by atoms with Crippen LogP contribution in [-0.2, 0) is 6.42 Å². The molecule has 0 heterocycles. The Bertz CT molecular complexity index is 667. The van der Waals surface area contributed by atoms with Crippen LogP contribution in [0.1, 0.15) is 89.2 Å². The van der Waals surface area contributed by atoms with Crippen molar-refractivity contribution in [2.45, 2.75) is 84.5 Å². The minimum absolute atomic E-state index is 0.247. The van der Waals surface area contributed by atoms with Crippen molar-refractivity contribution in [3.05, 3.63) is 52.6 Å². The minimum Gasteiger partial charge on any atom is -0.207 e. The van der Waals surface area contributed by atoms with Crippen molar-refractivity contribution in [2.24, 2.45) is 11.8 Å². The molecule has 1 aromatic carbocycles. The summed E-state index contributed by atoms with van der Waals surface area (Å²) in [7, 11) is 0. The molecule has 0 nitrogen and oxygen atoms in total. The summed E-state index contributed by atoms with van der Waals surface area (Å²) >= 11 is 0. The molecule has 0 aromatic heterocycles. The van der Waals surface area contributed by atoms with Gasteiger partial charge in [-0.05, 0) is 86.5 Å². The van der Waals surface area contributed by atoms with Crippen LogP contribution in [0.2, 0.25) is 0 Å². The molecule has 0 saturated heterocycles. The van der Waals surface area contributed by atoms with Gasteiger partial charge in [-0.25, -0.2) is 8.78 Å². The summed E-state index contributed by atoms with van der Waals surface area (Å²) < 4.78 is 28.7. The lowest BCUT2D eigenvalue weighted by Gasteiger charge is -2.31. The van der Waals surface area contributed by atoms with E-state index in [1.165, 1.54) is 50.7 Å². The van der Waals surface area contributed by atoms with Crippen molar-refractivity contribution in [3.63, 3.8) is 0 Å². The van der Waals surface area contributed by atoms with Crippen molar-refractivity contribution in [3.8, 4) is 0 Å². The van der Waals surface area contributed by atoms with Crippen molar-refractivity contribution in [1.82, 2.24) is 0 Å². The van der Waals surface area contributed by atoms with Gasteiger partial charge >= 0.3 is 0 Å². The first-order chi connectivity index (χ1) is 13.1. The van der Waals surface area contributed by atoms with Gasteiger partial charge in [0, 0.05) is 5.56 Å². The summed E-state index contributed by atoms with van der Waals surface area (Å²) in [5.74, 6) is 0.881. The lowest BCUT2D eigenvalue weighted by Crippen LogP contribution is -2.17. The van der Waals surface area contributed by atoms with E-state index in [0.717, 1.165) is 43.1 Å². The average Bonchev–Trinajstić information content (AvgIpc) is 2.68. The Morgan fingerprint density at radius 3 is 2.15 bits per heavy atom. The van der Waals surface area contributed by atoms with Gasteiger partial charge in [-0.1, -0.05) is 50.8 Å². The predicted molar refractivity (Wildman–Crippen MR) is 111 cm³/mol. The average molecular weight is 373 g/mol. The van der Waals surface area contributed by atoms with Gasteiger partial charge in [0.1, 0.15) is 11.6 Å². The molecule has 0 spiro atoms. The highest BCUT2D eigenvalue weighted by Crippen LogP contribution is 2.39. The third-order valence-electron chi connectivity index (χ3n) is 6.54. The first-order valence-corrected chi connectivity index (χ1v) is 11.0. The van der Waals surface area contributed by atoms with Crippen LogP contribution in [0.25, 0.3) is 5.57 Å². The monoisotopic (exact) mass is 372 g/mol. The van der Waals surface area contributed by atoms with E-state index >= 15 is 0 Å². The molecule has 1 aromatic rings. The molecule has 1 saturated carbocycles. The molecular formula is C25H34F2. The van der Waals surface area contributed by atoms with E-state index in [-0.39, 0.29) is 17.2 Å². The van der Waals surface area contributed by atoms with Gasteiger partial charge in [-0.2, -0.15) is 0 Å². The molecule has 1 fully saturated rings. The molecule has 3 rings (SSSR count). The zero-order valence-electron chi connectivity index (χ0n) is 17.0. The maximum absolute atomic E-state index is 14.4. The minimum atomic E-state index is -0.386. The molecule has 2 heteroatoms. The zero-order chi connectivity index (χ0) is 19.2. The summed E-state index contributed by atoms with van der Waals surface area (Å²) in [5.41, 5.74) is 3.58. The summed E-state index contributed by atoms with van der Waals surface area (Å²) in [4.78, 5) is 0. The fourth-order valence-corrected chi connectivity index (χ4v) is 4.85. The zero-order valence-corrected chi connectivity index (χ0v) is 17.0. The lowest BCUT2D eigenvalue weighted by atomic mass is 9.74. The molecule has 0 amide bonds. The topological polar surface area (TPSA) is 0 Å². The number of benzene rings is 1. The second-order valence-corrected chi connectivity index (χ2v) is 8.46. The Morgan fingerprint density at radius 2 is 1.59 bits per heavy atom. The molecule has 0 bridgehead atoms. The molecule has 0 unspecified atom stereocenters. The van der Waals surface area contributed by atoms with Crippen LogP contribution in [0.4, 0.5) is 8.78 Å². The fraction of sp³-hybridized carbons (Fsp3) is 0.600. The normalized spacial score (nSPS) is 23.1. The lowest BCUT2D eigenvalue weighted by molar-refractivity contribution is 0.283. The molecule has 2 aliphatic rings. The molecule has 2 aliphatic carbocycles. The number of hydrogen-bond donors (Lipinski definition) is 0. The van der Waals surface area contributed by atoms with Gasteiger partial charge in [-0.3, -0.25) is 0 Å². The Hall–Kier alpha value is -1.44. The third-order valence-corrected chi connectivity index (χ3v) is 6.54. The summed E-state index contributed by atoms with van der Waals surface area (Å²) in [6.45, 7) is 4.32. The smallest absolute Gasteiger partial charge is 0.129 e. The van der Waals surface area contributed by atoms with E-state index in [0.29, 0.717) is 12.0 Å². The van der Waals surface area contributed by atoms with E-state index in [4.69, 9.17) is 0 Å². The number of rotatable bonds is 7. The molecular weight excluding hydrogens is 338 g/mol. The van der Waals surface area contributed by atoms with Crippen molar-refractivity contribution in [1.29, 1.82) is 0 Å². The van der Waals surface area contributed by atoms with Crippen molar-refractivity contribution < 1.29 is 8.78 Å². The Balaban J connectivity index is 1.67. The molecule has 0 N–H and O–H groups in total. The van der Waals surface area contributed by atoms with Gasteiger partial charge in [0.25, 0.3) is 0 Å². The Kier molecular flexibility index (Phi) is 7.26. The Morgan fingerprint density at radius 1 is 0.889 bits per heavy atom. The van der Waals surface area contributed by atoms with Crippen LogP contribution in [0.3, 0.4) is 0 Å². The summed E-state index contributed by atoms with van der Waals surface area (Å²) in [5, 5.41) is 0. The maximum Gasteiger partial charge on any atom is 0.129 e.